The van der Waals surface area contributed by atoms with E-state index in [1.165, 1.54) is 7.11 Å². The minimum Gasteiger partial charge on any atom is -0.476 e. The lowest BCUT2D eigenvalue weighted by Gasteiger charge is -2.10. The van der Waals surface area contributed by atoms with Crippen LogP contribution in [0.15, 0.2) is 65.5 Å². The van der Waals surface area contributed by atoms with Crippen LogP contribution in [0, 0.1) is 17.8 Å². The highest BCUT2D eigenvalue weighted by atomic mass is 79.9. The zero-order valence-electron chi connectivity index (χ0n) is 29.6. The zero-order valence-corrected chi connectivity index (χ0v) is 32.7. The second-order valence-electron chi connectivity index (χ2n) is 13.5. The lowest BCUT2D eigenvalue weighted by Crippen LogP contribution is -2.29. The van der Waals surface area contributed by atoms with Gasteiger partial charge in [-0.1, -0.05) is 65.3 Å². The quantitative estimate of drug-likeness (QED) is 0.133. The summed E-state index contributed by atoms with van der Waals surface area (Å²) in [6, 6.07) is 12.6. The first kappa shape index (κ1) is 38.9. The Labute approximate surface area is 307 Å². The fraction of sp³-hybridized carbons (Fsp3) is 0.378. The Kier molecular flexibility index (Phi) is 12.8. The minimum atomic E-state index is -3.65. The summed E-state index contributed by atoms with van der Waals surface area (Å²) in [7, 11) is -2.25. The molecule has 0 aliphatic heterocycles. The van der Waals surface area contributed by atoms with E-state index in [0.29, 0.717) is 40.8 Å². The number of amides is 1. The third-order valence-electron chi connectivity index (χ3n) is 7.47. The van der Waals surface area contributed by atoms with Gasteiger partial charge in [0, 0.05) is 69.1 Å². The molecule has 13 heteroatoms. The van der Waals surface area contributed by atoms with Gasteiger partial charge in [-0.15, -0.1) is 0 Å². The normalized spacial score (nSPS) is 11.7. The lowest BCUT2D eigenvalue weighted by atomic mass is 10.0. The number of benzene rings is 2. The first-order chi connectivity index (χ1) is 23.5. The second-order valence-corrected chi connectivity index (χ2v) is 16.5. The number of rotatable bonds is 11. The van der Waals surface area contributed by atoms with E-state index in [2.05, 4.69) is 77.8 Å². The van der Waals surface area contributed by atoms with Crippen LogP contribution >= 0.6 is 27.5 Å². The summed E-state index contributed by atoms with van der Waals surface area (Å²) in [4.78, 5) is 28.3. The molecule has 0 radical (unpaired) electrons. The Balaban J connectivity index is 0.000000263. The molecular formula is C37H44BrClN4O6S. The highest BCUT2D eigenvalue weighted by Crippen LogP contribution is 2.35. The second kappa shape index (κ2) is 16.4. The first-order valence-corrected chi connectivity index (χ1v) is 19.3. The number of pyridine rings is 1. The molecular weight excluding hydrogens is 744 g/mol. The largest absolute Gasteiger partial charge is 0.476 e. The monoisotopic (exact) mass is 786 g/mol. The molecule has 0 unspecified atom stereocenters. The summed E-state index contributed by atoms with van der Waals surface area (Å²) in [6.45, 7) is 14.8. The van der Waals surface area contributed by atoms with E-state index in [0.717, 1.165) is 56.8 Å². The number of methoxy groups -OCH3 is 1. The van der Waals surface area contributed by atoms with Crippen LogP contribution in [0.1, 0.15) is 62.3 Å². The van der Waals surface area contributed by atoms with Gasteiger partial charge in [0.2, 0.25) is 15.9 Å². The Morgan fingerprint density at radius 1 is 0.880 bits per heavy atom. The Morgan fingerprint density at radius 2 is 1.46 bits per heavy atom. The molecule has 3 heterocycles. The molecule has 1 N–H and O–H groups in total. The number of hydrogen-bond donors (Lipinski definition) is 1. The van der Waals surface area contributed by atoms with Gasteiger partial charge in [0.1, 0.15) is 5.02 Å². The number of nitrogens with one attached hydrogen (secondary N) is 1. The topological polar surface area (TPSA) is 122 Å². The van der Waals surface area contributed by atoms with Gasteiger partial charge in [-0.25, -0.2) is 22.9 Å². The fourth-order valence-electron chi connectivity index (χ4n) is 5.40. The molecule has 2 aromatic carbocycles. The molecule has 0 atom stereocenters. The first-order valence-electron chi connectivity index (χ1n) is 16.3. The van der Waals surface area contributed by atoms with E-state index in [1.54, 1.807) is 24.4 Å². The van der Waals surface area contributed by atoms with Gasteiger partial charge in [0.25, 0.3) is 5.91 Å². The lowest BCUT2D eigenvalue weighted by molar-refractivity contribution is 0.0600. The van der Waals surface area contributed by atoms with Crippen LogP contribution in [0.25, 0.3) is 32.9 Å². The van der Waals surface area contributed by atoms with Crippen LogP contribution in [-0.4, -0.2) is 54.4 Å². The molecule has 50 heavy (non-hydrogen) atoms. The molecule has 0 aliphatic carbocycles. The average Bonchev–Trinajstić information content (AvgIpc) is 3.54. The maximum Gasteiger partial charge on any atom is 0.337 e. The maximum absolute atomic E-state index is 12.4. The van der Waals surface area contributed by atoms with Gasteiger partial charge in [0.15, 0.2) is 0 Å². The van der Waals surface area contributed by atoms with E-state index in [-0.39, 0.29) is 11.5 Å². The van der Waals surface area contributed by atoms with Gasteiger partial charge < -0.3 is 18.6 Å². The van der Waals surface area contributed by atoms with Crippen LogP contribution in [0.3, 0.4) is 0 Å². The summed E-state index contributed by atoms with van der Waals surface area (Å²) >= 11 is 9.98. The van der Waals surface area contributed by atoms with Crippen LogP contribution < -0.4 is 9.46 Å². The third-order valence-corrected chi connectivity index (χ3v) is 8.93. The highest BCUT2D eigenvalue weighted by molar-refractivity contribution is 9.10. The number of aromatic nitrogens is 3. The molecule has 10 nitrogen and oxygen atoms in total. The van der Waals surface area contributed by atoms with Crippen LogP contribution in [0.5, 0.6) is 5.88 Å². The Morgan fingerprint density at radius 3 is 2.04 bits per heavy atom. The molecule has 0 spiro atoms. The standard InChI is InChI=1S/C23H28ClN3O4S.C14H16BrNO2/c1-14(2)11-27-12-19(17-8-20(24)23(25-10-17)31-13-15(3)4)18-7-6-16(9-21(18)27)22(28)26-32(5,29)30;1-9(2)7-16-8-12(15)11-5-4-10(6-13(11)16)14(17)18-3/h6-10,12,14-15H,11,13H2,1-5H3,(H,26,28);4-6,8-9H,7H2,1-3H3. The smallest absolute Gasteiger partial charge is 0.337 e. The number of hydrogen-bond acceptors (Lipinski definition) is 7. The Hall–Kier alpha value is -3.87. The van der Waals surface area contributed by atoms with Crippen molar-refractivity contribution in [2.45, 2.75) is 54.6 Å². The van der Waals surface area contributed by atoms with E-state index < -0.39 is 15.9 Å². The summed E-state index contributed by atoms with van der Waals surface area (Å²) in [5.74, 6) is 0.704. The van der Waals surface area contributed by atoms with Crippen molar-refractivity contribution in [3.05, 3.63) is 81.7 Å². The average molecular weight is 788 g/mol. The van der Waals surface area contributed by atoms with Crippen molar-refractivity contribution in [1.29, 1.82) is 0 Å². The molecule has 0 aliphatic rings. The highest BCUT2D eigenvalue weighted by Gasteiger charge is 2.18. The van der Waals surface area contributed by atoms with Crippen molar-refractivity contribution in [1.82, 2.24) is 18.8 Å². The Bertz CT molecular complexity index is 2120. The van der Waals surface area contributed by atoms with Crippen LogP contribution in [-0.2, 0) is 27.8 Å². The predicted molar refractivity (Wildman–Crippen MR) is 203 cm³/mol. The van der Waals surface area contributed by atoms with Crippen molar-refractivity contribution in [2.75, 3.05) is 20.0 Å². The van der Waals surface area contributed by atoms with E-state index >= 15 is 0 Å². The van der Waals surface area contributed by atoms with Crippen LogP contribution in [0.4, 0.5) is 0 Å². The molecule has 5 rings (SSSR count). The fourth-order valence-corrected chi connectivity index (χ4v) is 6.65. The van der Waals surface area contributed by atoms with Crippen molar-refractivity contribution >= 4 is 71.2 Å². The van der Waals surface area contributed by atoms with E-state index in [9.17, 15) is 18.0 Å². The van der Waals surface area contributed by atoms with Gasteiger partial charge >= 0.3 is 5.97 Å². The van der Waals surface area contributed by atoms with Crippen molar-refractivity contribution in [2.24, 2.45) is 17.8 Å². The number of carbonyl (C=O) groups excluding carboxylic acids is 2. The number of fused-ring (bicyclic) bond motifs is 2. The summed E-state index contributed by atoms with van der Waals surface area (Å²) in [6.07, 6.45) is 6.74. The van der Waals surface area contributed by atoms with E-state index in [1.807, 2.05) is 35.2 Å². The van der Waals surface area contributed by atoms with Crippen molar-refractivity contribution < 1.29 is 27.5 Å². The van der Waals surface area contributed by atoms with E-state index in [4.69, 9.17) is 21.1 Å². The van der Waals surface area contributed by atoms with Gasteiger partial charge in [-0.05, 0) is 64.0 Å². The van der Waals surface area contributed by atoms with Crippen LogP contribution in [0.2, 0.25) is 5.02 Å². The molecule has 0 saturated carbocycles. The molecule has 0 saturated heterocycles. The third kappa shape index (κ3) is 9.88. The van der Waals surface area contributed by atoms with Gasteiger partial charge in [-0.2, -0.15) is 0 Å². The van der Waals surface area contributed by atoms with Crippen molar-refractivity contribution in [3.63, 3.8) is 0 Å². The summed E-state index contributed by atoms with van der Waals surface area (Å²) < 4.78 is 40.6. The maximum atomic E-state index is 12.4. The number of halogens is 2. The molecule has 0 fully saturated rings. The molecule has 3 aromatic heterocycles. The van der Waals surface area contributed by atoms with Crippen molar-refractivity contribution in [3.8, 4) is 17.0 Å². The number of sulfonamides is 1. The molecule has 268 valence electrons. The zero-order chi connectivity index (χ0) is 36.9. The molecule has 5 aromatic rings. The van der Waals surface area contributed by atoms with Gasteiger partial charge in [0.05, 0.1) is 31.1 Å². The SMILES string of the molecule is CC(C)COc1ncc(-c2cn(CC(C)C)c3cc(C(=O)NS(C)(=O)=O)ccc23)cc1Cl.COC(=O)c1ccc2c(Br)cn(CC(C)C)c2c1. The number of esters is 1. The minimum absolute atomic E-state index is 0.270. The summed E-state index contributed by atoms with van der Waals surface area (Å²) in [5, 5.41) is 2.45. The number of ether oxygens (including phenoxy) is 2. The molecule has 0 bridgehead atoms. The number of carbonyl (C=O) groups is 2. The number of nitrogens with zero attached hydrogens (tertiary/aromatic N) is 3. The molecule has 1 amide bonds. The summed E-state index contributed by atoms with van der Waals surface area (Å²) in [5.41, 5.74) is 4.48. The predicted octanol–water partition coefficient (Wildman–Crippen LogP) is 8.58. The van der Waals surface area contributed by atoms with Gasteiger partial charge in [-0.3, -0.25) is 4.79 Å².